The van der Waals surface area contributed by atoms with Gasteiger partial charge in [-0.05, 0) is 25.8 Å². The minimum atomic E-state index is 0.451. The van der Waals surface area contributed by atoms with Crippen LogP contribution < -0.4 is 0 Å². The normalized spacial score (nSPS) is 16.9. The van der Waals surface area contributed by atoms with Gasteiger partial charge in [-0.25, -0.2) is 4.98 Å². The molecule has 1 saturated carbocycles. The van der Waals surface area contributed by atoms with Crippen molar-refractivity contribution in [2.75, 3.05) is 0 Å². The van der Waals surface area contributed by atoms with Crippen LogP contribution in [0, 0.1) is 18.3 Å². The number of aromatic nitrogens is 3. The molecule has 0 amide bonds. The number of fused-ring (bicyclic) bond motifs is 1. The monoisotopic (exact) mass is 240 g/mol. The van der Waals surface area contributed by atoms with E-state index in [0.29, 0.717) is 11.5 Å². The quantitative estimate of drug-likeness (QED) is 0.832. The Balaban J connectivity index is 2.13. The van der Waals surface area contributed by atoms with Crippen molar-refractivity contribution in [1.29, 1.82) is 5.26 Å². The van der Waals surface area contributed by atoms with Gasteiger partial charge in [-0.1, -0.05) is 19.3 Å². The first-order chi connectivity index (χ1) is 8.79. The van der Waals surface area contributed by atoms with Crippen LogP contribution >= 0.6 is 0 Å². The van der Waals surface area contributed by atoms with Crippen LogP contribution in [0.2, 0.25) is 0 Å². The number of hydrogen-bond donors (Lipinski definition) is 1. The average molecular weight is 240 g/mol. The van der Waals surface area contributed by atoms with Gasteiger partial charge in [0.2, 0.25) is 0 Å². The highest BCUT2D eigenvalue weighted by atomic mass is 15.1. The summed E-state index contributed by atoms with van der Waals surface area (Å²) in [6, 6.07) is 4.15. The third-order valence-corrected chi connectivity index (χ3v) is 3.84. The van der Waals surface area contributed by atoms with Crippen molar-refractivity contribution in [2.24, 2.45) is 0 Å². The van der Waals surface area contributed by atoms with E-state index in [0.717, 1.165) is 35.3 Å². The molecule has 1 fully saturated rings. The molecule has 18 heavy (non-hydrogen) atoms. The first kappa shape index (κ1) is 11.2. The number of rotatable bonds is 1. The van der Waals surface area contributed by atoms with E-state index in [1.165, 1.54) is 19.3 Å². The van der Waals surface area contributed by atoms with Crippen molar-refractivity contribution in [3.05, 3.63) is 23.0 Å². The molecular formula is C14H16N4. The predicted molar refractivity (Wildman–Crippen MR) is 69.2 cm³/mol. The van der Waals surface area contributed by atoms with Gasteiger partial charge in [-0.3, -0.25) is 5.10 Å². The van der Waals surface area contributed by atoms with Crippen LogP contribution in [-0.4, -0.2) is 15.2 Å². The Bertz CT molecular complexity index is 614. The Morgan fingerprint density at radius 2 is 2.11 bits per heavy atom. The van der Waals surface area contributed by atoms with Crippen LogP contribution in [0.3, 0.4) is 0 Å². The smallest absolute Gasteiger partial charge is 0.112 e. The van der Waals surface area contributed by atoms with Crippen LogP contribution in [-0.2, 0) is 0 Å². The highest BCUT2D eigenvalue weighted by molar-refractivity contribution is 5.78. The molecule has 92 valence electrons. The van der Waals surface area contributed by atoms with Crippen molar-refractivity contribution < 1.29 is 0 Å². The van der Waals surface area contributed by atoms with E-state index in [9.17, 15) is 5.26 Å². The molecule has 0 radical (unpaired) electrons. The summed E-state index contributed by atoms with van der Waals surface area (Å²) in [6.45, 7) is 1.97. The molecule has 0 atom stereocenters. The Morgan fingerprint density at radius 1 is 1.33 bits per heavy atom. The number of nitrogens with zero attached hydrogens (tertiary/aromatic N) is 3. The highest BCUT2D eigenvalue weighted by Crippen LogP contribution is 2.34. The molecule has 1 aliphatic carbocycles. The number of aromatic amines is 1. The van der Waals surface area contributed by atoms with Crippen LogP contribution in [0.1, 0.15) is 55.0 Å². The lowest BCUT2D eigenvalue weighted by Gasteiger charge is -2.21. The zero-order valence-electron chi connectivity index (χ0n) is 10.5. The topological polar surface area (TPSA) is 65.4 Å². The molecule has 0 unspecified atom stereocenters. The minimum Gasteiger partial charge on any atom is -0.280 e. The van der Waals surface area contributed by atoms with E-state index in [2.05, 4.69) is 16.3 Å². The van der Waals surface area contributed by atoms with Gasteiger partial charge in [0.15, 0.2) is 0 Å². The third-order valence-electron chi connectivity index (χ3n) is 3.84. The molecule has 0 aromatic carbocycles. The van der Waals surface area contributed by atoms with E-state index in [1.807, 2.05) is 13.0 Å². The fraction of sp³-hybridized carbons (Fsp3) is 0.500. The molecule has 0 saturated heterocycles. The molecule has 1 aliphatic rings. The summed E-state index contributed by atoms with van der Waals surface area (Å²) in [6.07, 6.45) is 6.12. The number of nitriles is 1. The molecule has 2 aromatic rings. The van der Waals surface area contributed by atoms with Crippen molar-refractivity contribution in [1.82, 2.24) is 15.2 Å². The summed E-state index contributed by atoms with van der Waals surface area (Å²) in [5.41, 5.74) is 4.36. The molecule has 1 N–H and O–H groups in total. The zero-order chi connectivity index (χ0) is 12.5. The number of aryl methyl sites for hydroxylation is 1. The summed E-state index contributed by atoms with van der Waals surface area (Å²) >= 11 is 0. The van der Waals surface area contributed by atoms with Crippen molar-refractivity contribution in [3.8, 4) is 6.07 Å². The first-order valence-electron chi connectivity index (χ1n) is 6.55. The lowest BCUT2D eigenvalue weighted by atomic mass is 9.85. The molecule has 4 heteroatoms. The summed E-state index contributed by atoms with van der Waals surface area (Å²) in [4.78, 5) is 4.71. The maximum atomic E-state index is 9.29. The maximum absolute atomic E-state index is 9.29. The number of nitrogens with one attached hydrogen (secondary N) is 1. The molecule has 2 heterocycles. The maximum Gasteiger partial charge on any atom is 0.112 e. The van der Waals surface area contributed by atoms with Gasteiger partial charge in [0.05, 0.1) is 17.0 Å². The predicted octanol–water partition coefficient (Wildman–Crippen LogP) is 3.19. The summed E-state index contributed by atoms with van der Waals surface area (Å²) < 4.78 is 0. The standard InChI is InChI=1S/C14H16N4/c1-9-13-12(18-17-9)7-11(8-15)14(16-13)10-5-3-2-4-6-10/h7,10H,2-6H2,1H3,(H,17,18). The minimum absolute atomic E-state index is 0.451. The summed E-state index contributed by atoms with van der Waals surface area (Å²) in [5, 5.41) is 16.4. The van der Waals surface area contributed by atoms with Gasteiger partial charge in [0.25, 0.3) is 0 Å². The first-order valence-corrected chi connectivity index (χ1v) is 6.55. The number of H-pyrrole nitrogens is 1. The average Bonchev–Trinajstić information content (AvgIpc) is 2.79. The van der Waals surface area contributed by atoms with E-state index in [4.69, 9.17) is 4.98 Å². The van der Waals surface area contributed by atoms with Gasteiger partial charge in [-0.2, -0.15) is 10.4 Å². The zero-order valence-corrected chi connectivity index (χ0v) is 10.5. The summed E-state index contributed by atoms with van der Waals surface area (Å²) in [5.74, 6) is 0.451. The summed E-state index contributed by atoms with van der Waals surface area (Å²) in [7, 11) is 0. The Labute approximate surface area is 106 Å². The highest BCUT2D eigenvalue weighted by Gasteiger charge is 2.21. The number of pyridine rings is 1. The molecule has 0 spiro atoms. The molecule has 4 nitrogen and oxygen atoms in total. The Morgan fingerprint density at radius 3 is 2.83 bits per heavy atom. The van der Waals surface area contributed by atoms with E-state index >= 15 is 0 Å². The van der Waals surface area contributed by atoms with Gasteiger partial charge in [0, 0.05) is 5.92 Å². The second kappa shape index (κ2) is 4.41. The van der Waals surface area contributed by atoms with E-state index < -0.39 is 0 Å². The van der Waals surface area contributed by atoms with Crippen molar-refractivity contribution in [2.45, 2.75) is 44.9 Å². The molecular weight excluding hydrogens is 224 g/mol. The fourth-order valence-corrected chi connectivity index (χ4v) is 2.85. The molecule has 3 rings (SSSR count). The van der Waals surface area contributed by atoms with Crippen molar-refractivity contribution in [3.63, 3.8) is 0 Å². The van der Waals surface area contributed by atoms with Crippen LogP contribution in [0.5, 0.6) is 0 Å². The van der Waals surface area contributed by atoms with E-state index in [1.54, 1.807) is 0 Å². The largest absolute Gasteiger partial charge is 0.280 e. The lowest BCUT2D eigenvalue weighted by Crippen LogP contribution is -2.08. The van der Waals surface area contributed by atoms with Crippen LogP contribution in [0.4, 0.5) is 0 Å². The number of hydrogen-bond acceptors (Lipinski definition) is 3. The Hall–Kier alpha value is -1.89. The molecule has 0 aliphatic heterocycles. The second-order valence-electron chi connectivity index (χ2n) is 5.08. The van der Waals surface area contributed by atoms with E-state index in [-0.39, 0.29) is 0 Å². The SMILES string of the molecule is Cc1[nH]nc2cc(C#N)c(C3CCCCC3)nc12. The van der Waals surface area contributed by atoms with Gasteiger partial charge in [-0.15, -0.1) is 0 Å². The second-order valence-corrected chi connectivity index (χ2v) is 5.08. The lowest BCUT2D eigenvalue weighted by molar-refractivity contribution is 0.437. The van der Waals surface area contributed by atoms with Gasteiger partial charge in [0.1, 0.15) is 17.1 Å². The molecule has 2 aromatic heterocycles. The fourth-order valence-electron chi connectivity index (χ4n) is 2.85. The van der Waals surface area contributed by atoms with Crippen LogP contribution in [0.25, 0.3) is 11.0 Å². The van der Waals surface area contributed by atoms with Crippen LogP contribution in [0.15, 0.2) is 6.07 Å². The Kier molecular flexibility index (Phi) is 2.75. The molecule has 0 bridgehead atoms. The van der Waals surface area contributed by atoms with Gasteiger partial charge >= 0.3 is 0 Å². The van der Waals surface area contributed by atoms with Gasteiger partial charge < -0.3 is 0 Å². The van der Waals surface area contributed by atoms with Crippen molar-refractivity contribution >= 4 is 11.0 Å². The third kappa shape index (κ3) is 1.76.